The largest absolute Gasteiger partial charge is 0.396 e. The molecule has 82 valence electrons. The number of aliphatic hydroxyl groups is 1. The zero-order chi connectivity index (χ0) is 11.1. The lowest BCUT2D eigenvalue weighted by Crippen LogP contribution is -2.05. The fourth-order valence-electron chi connectivity index (χ4n) is 1.14. The third-order valence-corrected chi connectivity index (χ3v) is 1.90. The number of hydrogen-bond acceptors (Lipinski definition) is 5. The van der Waals surface area contributed by atoms with E-state index in [0.29, 0.717) is 18.7 Å². The molecule has 0 aliphatic rings. The Bertz CT molecular complexity index is 330. The maximum absolute atomic E-state index is 10.6. The summed E-state index contributed by atoms with van der Waals surface area (Å²) < 4.78 is 0. The van der Waals surface area contributed by atoms with Crippen LogP contribution in [0.3, 0.4) is 0 Å². The van der Waals surface area contributed by atoms with E-state index < -0.39 is 4.92 Å². The second-order valence-electron chi connectivity index (χ2n) is 3.01. The van der Waals surface area contributed by atoms with Crippen LogP contribution < -0.4 is 5.32 Å². The first-order chi connectivity index (χ1) is 7.25. The topological polar surface area (TPSA) is 88.3 Å². The van der Waals surface area contributed by atoms with Gasteiger partial charge in [0.2, 0.25) is 0 Å². The van der Waals surface area contributed by atoms with Gasteiger partial charge in [-0.2, -0.15) is 0 Å². The van der Waals surface area contributed by atoms with Crippen molar-refractivity contribution in [1.29, 1.82) is 0 Å². The lowest BCUT2D eigenvalue weighted by Gasteiger charge is -2.05. The lowest BCUT2D eigenvalue weighted by molar-refractivity contribution is -0.384. The molecule has 0 bridgehead atoms. The Hall–Kier alpha value is -1.69. The molecule has 0 saturated carbocycles. The first-order valence-corrected chi connectivity index (χ1v) is 4.69. The number of aliphatic hydroxyl groups excluding tert-OH is 1. The van der Waals surface area contributed by atoms with E-state index in [0.717, 1.165) is 6.42 Å². The van der Waals surface area contributed by atoms with Crippen molar-refractivity contribution in [2.24, 2.45) is 0 Å². The van der Waals surface area contributed by atoms with Gasteiger partial charge in [-0.25, -0.2) is 0 Å². The molecule has 0 aliphatic carbocycles. The minimum atomic E-state index is -0.471. The van der Waals surface area contributed by atoms with Crippen molar-refractivity contribution in [2.45, 2.75) is 12.8 Å². The van der Waals surface area contributed by atoms with E-state index in [9.17, 15) is 10.1 Å². The SMILES string of the molecule is O=[N+]([O-])c1cnccc1NCCCCO. The van der Waals surface area contributed by atoms with Crippen LogP contribution in [0.1, 0.15) is 12.8 Å². The van der Waals surface area contributed by atoms with E-state index in [-0.39, 0.29) is 12.3 Å². The Labute approximate surface area is 87.1 Å². The maximum Gasteiger partial charge on any atom is 0.310 e. The molecule has 1 aromatic heterocycles. The lowest BCUT2D eigenvalue weighted by atomic mass is 10.3. The Morgan fingerprint density at radius 3 is 3.00 bits per heavy atom. The number of anilines is 1. The predicted octanol–water partition coefficient (Wildman–Crippen LogP) is 1.17. The molecule has 6 heteroatoms. The van der Waals surface area contributed by atoms with Crippen molar-refractivity contribution in [2.75, 3.05) is 18.5 Å². The minimum absolute atomic E-state index is 0.0264. The molecule has 0 aromatic carbocycles. The van der Waals surface area contributed by atoms with Crippen LogP contribution in [0.5, 0.6) is 0 Å². The number of unbranched alkanes of at least 4 members (excludes halogenated alkanes) is 1. The molecule has 0 spiro atoms. The van der Waals surface area contributed by atoms with E-state index in [2.05, 4.69) is 10.3 Å². The van der Waals surface area contributed by atoms with Crippen molar-refractivity contribution in [3.8, 4) is 0 Å². The molecule has 2 N–H and O–H groups in total. The summed E-state index contributed by atoms with van der Waals surface area (Å²) >= 11 is 0. The number of hydrogen-bond donors (Lipinski definition) is 2. The van der Waals surface area contributed by atoms with Gasteiger partial charge in [-0.1, -0.05) is 0 Å². The number of pyridine rings is 1. The summed E-state index contributed by atoms with van der Waals surface area (Å²) in [4.78, 5) is 13.8. The van der Waals surface area contributed by atoms with Crippen LogP contribution in [0.4, 0.5) is 11.4 Å². The van der Waals surface area contributed by atoms with Crippen LogP contribution in [0, 0.1) is 10.1 Å². The summed E-state index contributed by atoms with van der Waals surface area (Å²) in [6.45, 7) is 0.742. The number of rotatable bonds is 6. The summed E-state index contributed by atoms with van der Waals surface area (Å²) in [5.74, 6) is 0. The summed E-state index contributed by atoms with van der Waals surface area (Å²) in [6.07, 6.45) is 4.18. The van der Waals surface area contributed by atoms with E-state index >= 15 is 0 Å². The highest BCUT2D eigenvalue weighted by Gasteiger charge is 2.11. The van der Waals surface area contributed by atoms with Crippen LogP contribution in [0.15, 0.2) is 18.5 Å². The number of aromatic nitrogens is 1. The Morgan fingerprint density at radius 1 is 1.53 bits per heavy atom. The molecule has 0 amide bonds. The molecule has 0 radical (unpaired) electrons. The van der Waals surface area contributed by atoms with Crippen LogP contribution in [0.25, 0.3) is 0 Å². The summed E-state index contributed by atoms with van der Waals surface area (Å²) in [5.41, 5.74) is 0.439. The molecule has 15 heavy (non-hydrogen) atoms. The van der Waals surface area contributed by atoms with Gasteiger partial charge in [-0.15, -0.1) is 0 Å². The van der Waals surface area contributed by atoms with Gasteiger partial charge in [0.1, 0.15) is 11.9 Å². The molecule has 0 saturated heterocycles. The first kappa shape index (κ1) is 11.4. The fraction of sp³-hybridized carbons (Fsp3) is 0.444. The quantitative estimate of drug-likeness (QED) is 0.419. The summed E-state index contributed by atoms with van der Waals surface area (Å²) in [5, 5.41) is 22.1. The minimum Gasteiger partial charge on any atom is -0.396 e. The first-order valence-electron chi connectivity index (χ1n) is 4.69. The van der Waals surface area contributed by atoms with Gasteiger partial charge in [0.15, 0.2) is 0 Å². The monoisotopic (exact) mass is 211 g/mol. The summed E-state index contributed by atoms with van der Waals surface area (Å²) in [7, 11) is 0. The van der Waals surface area contributed by atoms with E-state index in [1.807, 2.05) is 0 Å². The average Bonchev–Trinajstić information content (AvgIpc) is 2.25. The van der Waals surface area contributed by atoms with Gasteiger partial charge < -0.3 is 10.4 Å². The molecule has 0 atom stereocenters. The Balaban J connectivity index is 2.56. The van der Waals surface area contributed by atoms with Crippen molar-refractivity contribution in [1.82, 2.24) is 4.98 Å². The smallest absolute Gasteiger partial charge is 0.310 e. The highest BCUT2D eigenvalue weighted by molar-refractivity contribution is 5.59. The van der Waals surface area contributed by atoms with Crippen molar-refractivity contribution < 1.29 is 10.0 Å². The fourth-order valence-corrected chi connectivity index (χ4v) is 1.14. The predicted molar refractivity (Wildman–Crippen MR) is 55.7 cm³/mol. The van der Waals surface area contributed by atoms with Crippen LogP contribution in [0.2, 0.25) is 0 Å². The zero-order valence-corrected chi connectivity index (χ0v) is 8.22. The molecule has 1 aromatic rings. The normalized spacial score (nSPS) is 9.93. The molecular weight excluding hydrogens is 198 g/mol. The third kappa shape index (κ3) is 3.51. The van der Waals surface area contributed by atoms with Gasteiger partial charge in [0.05, 0.1) is 4.92 Å². The van der Waals surface area contributed by atoms with E-state index in [4.69, 9.17) is 5.11 Å². The van der Waals surface area contributed by atoms with Gasteiger partial charge in [0.25, 0.3) is 0 Å². The third-order valence-electron chi connectivity index (χ3n) is 1.90. The Morgan fingerprint density at radius 2 is 2.33 bits per heavy atom. The van der Waals surface area contributed by atoms with Gasteiger partial charge >= 0.3 is 5.69 Å². The molecule has 1 rings (SSSR count). The molecule has 0 aliphatic heterocycles. The van der Waals surface area contributed by atoms with E-state index in [1.165, 1.54) is 12.4 Å². The average molecular weight is 211 g/mol. The van der Waals surface area contributed by atoms with Crippen molar-refractivity contribution in [3.05, 3.63) is 28.6 Å². The second-order valence-corrected chi connectivity index (χ2v) is 3.01. The van der Waals surface area contributed by atoms with Gasteiger partial charge in [0, 0.05) is 19.3 Å². The highest BCUT2D eigenvalue weighted by Crippen LogP contribution is 2.21. The van der Waals surface area contributed by atoms with E-state index in [1.54, 1.807) is 6.07 Å². The molecular formula is C9H13N3O3. The molecule has 0 fully saturated rings. The number of nitro groups is 1. The van der Waals surface area contributed by atoms with Crippen molar-refractivity contribution >= 4 is 11.4 Å². The zero-order valence-electron chi connectivity index (χ0n) is 8.22. The molecule has 6 nitrogen and oxygen atoms in total. The van der Waals surface area contributed by atoms with Crippen LogP contribution in [-0.2, 0) is 0 Å². The number of nitrogens with zero attached hydrogens (tertiary/aromatic N) is 2. The number of nitrogens with one attached hydrogen (secondary N) is 1. The highest BCUT2D eigenvalue weighted by atomic mass is 16.6. The maximum atomic E-state index is 10.6. The van der Waals surface area contributed by atoms with Gasteiger partial charge in [-0.05, 0) is 18.9 Å². The standard InChI is InChI=1S/C9H13N3O3/c13-6-2-1-4-11-8-3-5-10-7-9(8)12(14)15/h3,5,7,13H,1-2,4,6H2,(H,10,11). The Kier molecular flexibility index (Phi) is 4.49. The summed E-state index contributed by atoms with van der Waals surface area (Å²) in [6, 6.07) is 1.57. The second kappa shape index (κ2) is 5.92. The molecule has 1 heterocycles. The van der Waals surface area contributed by atoms with Crippen molar-refractivity contribution in [3.63, 3.8) is 0 Å². The van der Waals surface area contributed by atoms with Crippen LogP contribution in [-0.4, -0.2) is 28.2 Å². The molecule has 0 unspecified atom stereocenters. The van der Waals surface area contributed by atoms with Crippen LogP contribution >= 0.6 is 0 Å². The van der Waals surface area contributed by atoms with Gasteiger partial charge in [-0.3, -0.25) is 15.1 Å².